The number of para-hydroxylation sites is 1. The summed E-state index contributed by atoms with van der Waals surface area (Å²) in [6, 6.07) is 56.0. The number of hydrogen-bond donors (Lipinski definition) is 0. The van der Waals surface area contributed by atoms with E-state index in [-0.39, 0.29) is 0 Å². The first-order chi connectivity index (χ1) is 22.8. The minimum Gasteiger partial charge on any atom is -0.456 e. The van der Waals surface area contributed by atoms with Gasteiger partial charge in [-0.15, -0.1) is 0 Å². The van der Waals surface area contributed by atoms with Crippen LogP contribution in [-0.4, -0.2) is 0 Å². The fraction of sp³-hybridized carbons (Fsp3) is 0. The van der Waals surface area contributed by atoms with Gasteiger partial charge in [0.25, 0.3) is 0 Å². The van der Waals surface area contributed by atoms with Crippen LogP contribution in [0.15, 0.2) is 162 Å². The van der Waals surface area contributed by atoms with Crippen LogP contribution in [-0.2, 0) is 0 Å². The Balaban J connectivity index is 1.02. The third-order valence-electron chi connectivity index (χ3n) is 9.51. The van der Waals surface area contributed by atoms with E-state index < -0.39 is 0 Å². The van der Waals surface area contributed by atoms with Gasteiger partial charge in [0.2, 0.25) is 0 Å². The molecular formula is C44H26O2. The topological polar surface area (TPSA) is 22.4 Å². The Morgan fingerprint density at radius 3 is 1.78 bits per heavy atom. The average Bonchev–Trinajstić information content (AvgIpc) is 3.52. The Kier molecular flexibility index (Phi) is 5.31. The second-order valence-electron chi connectivity index (χ2n) is 12.0. The van der Waals surface area contributed by atoms with E-state index in [1.165, 1.54) is 71.3 Å². The maximum Gasteiger partial charge on any atom is 0.136 e. The van der Waals surface area contributed by atoms with Crippen molar-refractivity contribution in [2.45, 2.75) is 0 Å². The zero-order valence-electron chi connectivity index (χ0n) is 24.8. The van der Waals surface area contributed by atoms with E-state index in [2.05, 4.69) is 146 Å². The van der Waals surface area contributed by atoms with Crippen LogP contribution < -0.4 is 4.74 Å². The van der Waals surface area contributed by atoms with E-state index >= 15 is 0 Å². The van der Waals surface area contributed by atoms with E-state index in [4.69, 9.17) is 9.15 Å². The Morgan fingerprint density at radius 2 is 0.935 bits per heavy atom. The molecule has 0 radical (unpaired) electrons. The lowest BCUT2D eigenvalue weighted by atomic mass is 9.90. The maximum atomic E-state index is 6.32. The summed E-state index contributed by atoms with van der Waals surface area (Å²) >= 11 is 0. The minimum atomic E-state index is 0.911. The van der Waals surface area contributed by atoms with Crippen LogP contribution in [0.5, 0.6) is 11.5 Å². The van der Waals surface area contributed by atoms with Crippen molar-refractivity contribution in [1.82, 2.24) is 0 Å². The second-order valence-corrected chi connectivity index (χ2v) is 12.0. The monoisotopic (exact) mass is 586 g/mol. The number of benzene rings is 8. The summed E-state index contributed by atoms with van der Waals surface area (Å²) in [5.41, 5.74) is 11.3. The quantitative estimate of drug-likeness (QED) is 0.205. The van der Waals surface area contributed by atoms with Gasteiger partial charge in [0.15, 0.2) is 0 Å². The number of hydrogen-bond acceptors (Lipinski definition) is 2. The Morgan fingerprint density at radius 1 is 0.304 bits per heavy atom. The molecule has 2 heterocycles. The molecule has 9 aromatic rings. The summed E-state index contributed by atoms with van der Waals surface area (Å²) in [6.07, 6.45) is 0. The molecule has 1 aromatic heterocycles. The fourth-order valence-corrected chi connectivity index (χ4v) is 7.34. The molecule has 0 atom stereocenters. The van der Waals surface area contributed by atoms with Gasteiger partial charge in [0.1, 0.15) is 22.7 Å². The Bertz CT molecular complexity index is 2640. The molecule has 0 N–H and O–H groups in total. The Labute approximate surface area is 265 Å². The molecule has 0 bridgehead atoms. The van der Waals surface area contributed by atoms with Crippen LogP contribution in [0.4, 0.5) is 0 Å². The first kappa shape index (κ1) is 25.2. The largest absolute Gasteiger partial charge is 0.456 e. The number of furan rings is 1. The van der Waals surface area contributed by atoms with Gasteiger partial charge in [-0.05, 0) is 79.4 Å². The van der Waals surface area contributed by atoms with Gasteiger partial charge in [-0.25, -0.2) is 0 Å². The molecule has 1 aliphatic rings. The van der Waals surface area contributed by atoms with Gasteiger partial charge < -0.3 is 9.15 Å². The lowest BCUT2D eigenvalue weighted by Crippen LogP contribution is -1.97. The number of rotatable bonds is 3. The van der Waals surface area contributed by atoms with Gasteiger partial charge >= 0.3 is 0 Å². The predicted molar refractivity (Wildman–Crippen MR) is 191 cm³/mol. The van der Waals surface area contributed by atoms with Crippen molar-refractivity contribution in [3.63, 3.8) is 0 Å². The molecule has 0 aliphatic carbocycles. The normalized spacial score (nSPS) is 12.1. The minimum absolute atomic E-state index is 0.911. The van der Waals surface area contributed by atoms with Crippen molar-refractivity contribution in [3.8, 4) is 56.0 Å². The molecule has 214 valence electrons. The Hall–Kier alpha value is -6.12. The van der Waals surface area contributed by atoms with Crippen molar-refractivity contribution >= 4 is 43.5 Å². The molecule has 46 heavy (non-hydrogen) atoms. The average molecular weight is 587 g/mol. The highest BCUT2D eigenvalue weighted by molar-refractivity contribution is 6.22. The molecule has 1 aliphatic heterocycles. The third-order valence-corrected chi connectivity index (χ3v) is 9.51. The number of fused-ring (bicyclic) bond motifs is 7. The molecular weight excluding hydrogens is 560 g/mol. The molecule has 0 spiro atoms. The van der Waals surface area contributed by atoms with Crippen molar-refractivity contribution < 1.29 is 9.15 Å². The standard InChI is InChI=1S/C44H26O2/c1-2-8-33-29(7-1)23-25-41-44(33)43-34(10-6-14-39(43)46-41)31-21-17-28(18-22-31)27-15-19-30(20-16-27)32-24-26-40-42-36(32)11-5-12-37(42)35-9-3-4-13-38(35)45-40/h1-26H. The molecule has 10 rings (SSSR count). The van der Waals surface area contributed by atoms with Gasteiger partial charge in [-0.1, -0.05) is 133 Å². The van der Waals surface area contributed by atoms with Gasteiger partial charge in [-0.2, -0.15) is 0 Å². The highest BCUT2D eigenvalue weighted by atomic mass is 16.5. The van der Waals surface area contributed by atoms with E-state index in [0.717, 1.165) is 28.2 Å². The van der Waals surface area contributed by atoms with Crippen molar-refractivity contribution in [3.05, 3.63) is 158 Å². The lowest BCUT2D eigenvalue weighted by molar-refractivity contribution is 0.487. The lowest BCUT2D eigenvalue weighted by Gasteiger charge is -2.22. The molecule has 0 unspecified atom stereocenters. The zero-order chi connectivity index (χ0) is 30.2. The summed E-state index contributed by atoms with van der Waals surface area (Å²) in [4.78, 5) is 0. The van der Waals surface area contributed by atoms with E-state index in [0.29, 0.717) is 0 Å². The molecule has 2 heteroatoms. The molecule has 8 aromatic carbocycles. The van der Waals surface area contributed by atoms with Crippen LogP contribution in [0.3, 0.4) is 0 Å². The first-order valence-corrected chi connectivity index (χ1v) is 15.7. The highest BCUT2D eigenvalue weighted by Gasteiger charge is 2.21. The summed E-state index contributed by atoms with van der Waals surface area (Å²) in [5, 5.41) is 7.16. The predicted octanol–water partition coefficient (Wildman–Crippen LogP) is 12.7. The van der Waals surface area contributed by atoms with E-state index in [9.17, 15) is 0 Å². The molecule has 0 amide bonds. The van der Waals surface area contributed by atoms with Crippen molar-refractivity contribution in [2.75, 3.05) is 0 Å². The smallest absolute Gasteiger partial charge is 0.136 e. The SMILES string of the molecule is c1ccc2c(c1)Oc1ccc(-c3ccc(-c4ccc(-c5cccc6oc7ccc8ccccc8c7c56)cc4)cc3)c3cccc-2c13. The van der Waals surface area contributed by atoms with Crippen LogP contribution in [0.2, 0.25) is 0 Å². The summed E-state index contributed by atoms with van der Waals surface area (Å²) in [7, 11) is 0. The van der Waals surface area contributed by atoms with Crippen molar-refractivity contribution in [2.24, 2.45) is 0 Å². The van der Waals surface area contributed by atoms with Gasteiger partial charge in [0.05, 0.1) is 0 Å². The third kappa shape index (κ3) is 3.71. The van der Waals surface area contributed by atoms with Crippen molar-refractivity contribution in [1.29, 1.82) is 0 Å². The first-order valence-electron chi connectivity index (χ1n) is 15.7. The summed E-state index contributed by atoms with van der Waals surface area (Å²) in [6.45, 7) is 0. The summed E-state index contributed by atoms with van der Waals surface area (Å²) in [5.74, 6) is 1.82. The molecule has 0 saturated carbocycles. The fourth-order valence-electron chi connectivity index (χ4n) is 7.34. The second kappa shape index (κ2) is 9.69. The molecule has 0 saturated heterocycles. The van der Waals surface area contributed by atoms with Crippen LogP contribution in [0.1, 0.15) is 0 Å². The van der Waals surface area contributed by atoms with E-state index in [1.54, 1.807) is 0 Å². The molecule has 0 fully saturated rings. The van der Waals surface area contributed by atoms with Gasteiger partial charge in [0, 0.05) is 21.7 Å². The highest BCUT2D eigenvalue weighted by Crippen LogP contribution is 2.48. The van der Waals surface area contributed by atoms with E-state index in [1.807, 2.05) is 12.1 Å². The summed E-state index contributed by atoms with van der Waals surface area (Å²) < 4.78 is 12.6. The number of ether oxygens (including phenoxy) is 1. The molecule has 2 nitrogen and oxygen atoms in total. The maximum absolute atomic E-state index is 6.32. The van der Waals surface area contributed by atoms with Crippen LogP contribution in [0, 0.1) is 0 Å². The zero-order valence-corrected chi connectivity index (χ0v) is 24.8. The van der Waals surface area contributed by atoms with Crippen LogP contribution in [0.25, 0.3) is 88.0 Å². The van der Waals surface area contributed by atoms with Gasteiger partial charge in [-0.3, -0.25) is 0 Å². The van der Waals surface area contributed by atoms with Crippen LogP contribution >= 0.6 is 0 Å².